The maximum absolute atomic E-state index is 8.88. The Kier molecular flexibility index (Phi) is 22.4. The van der Waals surface area contributed by atoms with Gasteiger partial charge in [-0.25, -0.2) is 9.36 Å². The van der Waals surface area contributed by atoms with E-state index in [1.54, 1.807) is 0 Å². The molecule has 0 rings (SSSR count). The molecule has 0 fully saturated rings. The van der Waals surface area contributed by atoms with Crippen LogP contribution >= 0.6 is 7.82 Å². The molecule has 11 heavy (non-hydrogen) atoms. The summed E-state index contributed by atoms with van der Waals surface area (Å²) in [5, 5.41) is 13.9. The number of hydrogen-bond acceptors (Lipinski definition) is 2. The van der Waals surface area contributed by atoms with Gasteiger partial charge in [-0.1, -0.05) is 0 Å². The summed E-state index contributed by atoms with van der Waals surface area (Å²) in [7, 11) is -4.64. The van der Waals surface area contributed by atoms with Gasteiger partial charge in [0.05, 0.1) is 0 Å². The molecule has 0 aliphatic carbocycles. The zero-order valence-corrected chi connectivity index (χ0v) is 9.14. The van der Waals surface area contributed by atoms with E-state index in [2.05, 4.69) is 0 Å². The van der Waals surface area contributed by atoms with Gasteiger partial charge in [-0.05, 0) is 0 Å². The van der Waals surface area contributed by atoms with Gasteiger partial charge in [0.2, 0.25) is 0 Å². The van der Waals surface area contributed by atoms with E-state index in [1.807, 2.05) is 0 Å². The predicted octanol–water partition coefficient (Wildman–Crippen LogP) is -3.59. The molecule has 0 bridgehead atoms. The Balaban J connectivity index is -0.0000000221. The van der Waals surface area contributed by atoms with Gasteiger partial charge >= 0.3 is 43.5 Å². The van der Waals surface area contributed by atoms with Gasteiger partial charge in [-0.2, -0.15) is 0 Å². The van der Waals surface area contributed by atoms with Crippen molar-refractivity contribution in [3.63, 3.8) is 0 Å². The average molecular weight is 248 g/mol. The summed E-state index contributed by atoms with van der Waals surface area (Å²) in [5.74, 6) is 0. The molecule has 0 aliphatic rings. The maximum atomic E-state index is 8.88. The quantitative estimate of drug-likeness (QED) is 0.220. The third-order valence-electron chi connectivity index (χ3n) is 0. The molecule has 0 spiro atoms. The average Bonchev–Trinajstić information content (AvgIpc) is 1.19. The molecule has 0 aromatic carbocycles. The maximum Gasteiger partial charge on any atom is 1.00 e. The zero-order chi connectivity index (χ0) is 8.08. The van der Waals surface area contributed by atoms with Crippen LogP contribution in [0.15, 0.2) is 0 Å². The van der Waals surface area contributed by atoms with Crippen molar-refractivity contribution in [3.8, 4) is 0 Å². The van der Waals surface area contributed by atoms with Crippen LogP contribution in [0, 0.1) is 0 Å². The Morgan fingerprint density at radius 3 is 1.18 bits per heavy atom. The van der Waals surface area contributed by atoms with Crippen molar-refractivity contribution in [1.82, 2.24) is 0 Å². The van der Waals surface area contributed by atoms with Gasteiger partial charge in [0.1, 0.15) is 0 Å². The molecule has 0 atom stereocenters. The molecule has 0 saturated carbocycles. The third-order valence-corrected chi connectivity index (χ3v) is 0. The molecule has 0 saturated heterocycles. The minimum Gasteiger partial charge on any atom is -1.00 e. The first-order valence-corrected chi connectivity index (χ1v) is 3.00. The Bertz CT molecular complexity index is 123. The van der Waals surface area contributed by atoms with Crippen molar-refractivity contribution in [2.45, 2.75) is 0 Å². The normalized spacial score (nSPS) is 7.55. The van der Waals surface area contributed by atoms with Crippen molar-refractivity contribution < 1.29 is 82.3 Å². The Labute approximate surface area is 95.9 Å². The first kappa shape index (κ1) is 22.7. The van der Waals surface area contributed by atoms with Crippen molar-refractivity contribution in [2.24, 2.45) is 0 Å². The summed E-state index contributed by atoms with van der Waals surface area (Å²) in [5.41, 5.74) is 0. The summed E-state index contributed by atoms with van der Waals surface area (Å²) in [6.45, 7) is 0. The Hall–Kier alpha value is 0.899. The van der Waals surface area contributed by atoms with Gasteiger partial charge in [0.25, 0.3) is 0 Å². The second-order valence-corrected chi connectivity index (χ2v) is 1.82. The van der Waals surface area contributed by atoms with Crippen molar-refractivity contribution in [1.29, 1.82) is 0 Å². The molecular weight excluding hydrogens is 242 g/mol. The molecule has 0 aromatic rings. The summed E-state index contributed by atoms with van der Waals surface area (Å²) in [4.78, 5) is 30.1. The van der Waals surface area contributed by atoms with E-state index < -0.39 is 14.0 Å². The molecule has 7 nitrogen and oxygen atoms in total. The Morgan fingerprint density at radius 2 is 1.18 bits per heavy atom. The van der Waals surface area contributed by atoms with E-state index in [1.165, 1.54) is 0 Å². The van der Waals surface area contributed by atoms with Crippen LogP contribution in [-0.2, 0) is 21.6 Å². The molecule has 0 amide bonds. The van der Waals surface area contributed by atoms with Crippen LogP contribution in [0.2, 0.25) is 0 Å². The first-order chi connectivity index (χ1) is 3.73. The van der Waals surface area contributed by atoms with Crippen LogP contribution in [0.3, 0.4) is 0 Å². The molecule has 0 aromatic heterocycles. The fourth-order valence-electron chi connectivity index (χ4n) is 0. The van der Waals surface area contributed by atoms with Gasteiger partial charge in [0, 0.05) is 17.1 Å². The van der Waals surface area contributed by atoms with Crippen LogP contribution in [0.5, 0.6) is 0 Å². The smallest absolute Gasteiger partial charge is 1.00 e. The fourth-order valence-corrected chi connectivity index (χ4v) is 0. The van der Waals surface area contributed by atoms with E-state index in [4.69, 9.17) is 34.3 Å². The SMILES string of the molecule is O=C(O)O.O=P(O)(O)O.[Cu].[H-].[Na+]. The van der Waals surface area contributed by atoms with Crippen LogP contribution in [0.25, 0.3) is 0 Å². The van der Waals surface area contributed by atoms with E-state index >= 15 is 0 Å². The summed E-state index contributed by atoms with van der Waals surface area (Å²) >= 11 is 0. The Morgan fingerprint density at radius 1 is 1.18 bits per heavy atom. The van der Waals surface area contributed by atoms with Gasteiger partial charge in [-0.3, -0.25) is 0 Å². The van der Waals surface area contributed by atoms with Crippen LogP contribution in [-0.4, -0.2) is 31.0 Å². The van der Waals surface area contributed by atoms with Gasteiger partial charge in [-0.15, -0.1) is 0 Å². The fraction of sp³-hybridized carbons (Fsp3) is 0. The zero-order valence-electron chi connectivity index (χ0n) is 6.30. The number of phosphoric acid groups is 1. The topological polar surface area (TPSA) is 135 Å². The summed E-state index contributed by atoms with van der Waals surface area (Å²) in [6, 6.07) is 0. The molecule has 0 heterocycles. The van der Waals surface area contributed by atoms with Crippen molar-refractivity contribution >= 4 is 14.0 Å². The summed E-state index contributed by atoms with van der Waals surface area (Å²) in [6.07, 6.45) is -1.83. The monoisotopic (exact) mass is 247 g/mol. The van der Waals surface area contributed by atoms with Crippen LogP contribution < -0.4 is 29.6 Å². The predicted molar refractivity (Wildman–Crippen MR) is 26.0 cm³/mol. The van der Waals surface area contributed by atoms with Crippen LogP contribution in [0.1, 0.15) is 1.43 Å². The number of hydrogen-bond donors (Lipinski definition) is 5. The van der Waals surface area contributed by atoms with E-state index in [0.717, 1.165) is 0 Å². The molecule has 1 radical (unpaired) electrons. The first-order valence-electron chi connectivity index (χ1n) is 1.43. The van der Waals surface area contributed by atoms with Gasteiger partial charge < -0.3 is 26.3 Å². The van der Waals surface area contributed by atoms with Crippen molar-refractivity contribution in [3.05, 3.63) is 0 Å². The third kappa shape index (κ3) is 1070. The number of rotatable bonds is 0. The standard InChI is InChI=1S/CH2O3.Cu.Na.H3O4P.H/c2-1(3)4;;;1-5(2,3)4;/h(H2,2,3,4);;;(H3,1,2,3,4);/q;;+1;;-1. The number of carbonyl (C=O) groups is 1. The number of carboxylic acid groups (broad SMARTS) is 2. The molecule has 69 valence electrons. The van der Waals surface area contributed by atoms with Gasteiger partial charge in [0.15, 0.2) is 0 Å². The van der Waals surface area contributed by atoms with Crippen LogP contribution in [0.4, 0.5) is 4.79 Å². The molecule has 5 N–H and O–H groups in total. The second kappa shape index (κ2) is 10.9. The van der Waals surface area contributed by atoms with E-state index in [-0.39, 0.29) is 48.1 Å². The van der Waals surface area contributed by atoms with Crippen molar-refractivity contribution in [2.75, 3.05) is 0 Å². The van der Waals surface area contributed by atoms with E-state index in [0.29, 0.717) is 0 Å². The molecule has 0 unspecified atom stereocenters. The molecular formula is CH6CuNaO7P. The molecule has 0 aliphatic heterocycles. The second-order valence-electron chi connectivity index (χ2n) is 0.796. The summed E-state index contributed by atoms with van der Waals surface area (Å²) < 4.78 is 8.88. The molecule has 10 heteroatoms. The minimum atomic E-state index is -4.64. The largest absolute Gasteiger partial charge is 1.00 e. The minimum absolute atomic E-state index is 0. The van der Waals surface area contributed by atoms with E-state index in [9.17, 15) is 0 Å².